The summed E-state index contributed by atoms with van der Waals surface area (Å²) >= 11 is 0. The minimum Gasteiger partial charge on any atom is -0.507 e. The molecule has 1 aliphatic heterocycles. The molecule has 1 heterocycles. The minimum atomic E-state index is -0.502. The Bertz CT molecular complexity index is 750. The lowest BCUT2D eigenvalue weighted by atomic mass is 9.83. The molecule has 0 amide bonds. The van der Waals surface area contributed by atoms with Crippen molar-refractivity contribution in [3.63, 3.8) is 0 Å². The van der Waals surface area contributed by atoms with Gasteiger partial charge in [0, 0.05) is 11.1 Å². The van der Waals surface area contributed by atoms with Crippen molar-refractivity contribution in [2.45, 2.75) is 32.8 Å². The van der Waals surface area contributed by atoms with E-state index in [0.29, 0.717) is 19.6 Å². The van der Waals surface area contributed by atoms with Crippen molar-refractivity contribution in [3.8, 4) is 16.9 Å². The maximum atomic E-state index is 12.5. The Labute approximate surface area is 142 Å². The van der Waals surface area contributed by atoms with Crippen LogP contribution in [0.15, 0.2) is 30.3 Å². The van der Waals surface area contributed by atoms with Gasteiger partial charge in [-0.3, -0.25) is 0 Å². The van der Waals surface area contributed by atoms with Crippen LogP contribution in [0.25, 0.3) is 11.1 Å². The Morgan fingerprint density at radius 1 is 1.25 bits per heavy atom. The number of phenols is 1. The summed E-state index contributed by atoms with van der Waals surface area (Å²) in [6.45, 7) is 3.14. The van der Waals surface area contributed by atoms with E-state index in [-0.39, 0.29) is 11.3 Å². The summed E-state index contributed by atoms with van der Waals surface area (Å²) in [5.41, 5.74) is 4.88. The number of fused-ring (bicyclic) bond motifs is 1. The fourth-order valence-electron chi connectivity index (χ4n) is 3.44. The Balaban J connectivity index is 2.37. The fraction of sp³-hybridized carbons (Fsp3) is 0.350. The topological polar surface area (TPSA) is 55.8 Å². The quantitative estimate of drug-likeness (QED) is 0.867. The molecule has 0 aliphatic carbocycles. The summed E-state index contributed by atoms with van der Waals surface area (Å²) < 4.78 is 10.6. The van der Waals surface area contributed by atoms with Crippen LogP contribution in [0.5, 0.6) is 5.75 Å². The van der Waals surface area contributed by atoms with Gasteiger partial charge in [-0.15, -0.1) is 0 Å². The van der Waals surface area contributed by atoms with E-state index in [1.165, 1.54) is 7.11 Å². The molecule has 0 radical (unpaired) electrons. The second-order valence-electron chi connectivity index (χ2n) is 5.94. The van der Waals surface area contributed by atoms with Gasteiger partial charge in [-0.05, 0) is 29.5 Å². The molecular weight excluding hydrogens is 304 g/mol. The van der Waals surface area contributed by atoms with Crippen LogP contribution in [0, 0.1) is 0 Å². The first kappa shape index (κ1) is 16.5. The molecule has 0 unspecified atom stereocenters. The number of methoxy groups -OCH3 is 1. The summed E-state index contributed by atoms with van der Waals surface area (Å²) in [5.74, 6) is -0.468. The van der Waals surface area contributed by atoms with E-state index >= 15 is 0 Å². The molecule has 3 rings (SSSR count). The Morgan fingerprint density at radius 2 is 2.00 bits per heavy atom. The highest BCUT2D eigenvalue weighted by Gasteiger charge is 2.29. The number of phenolic OH excluding ortho intramolecular Hbond substituents is 1. The molecule has 1 N–H and O–H groups in total. The molecule has 2 aromatic rings. The van der Waals surface area contributed by atoms with E-state index in [1.54, 1.807) is 0 Å². The Kier molecular flexibility index (Phi) is 4.86. The van der Waals surface area contributed by atoms with Gasteiger partial charge in [-0.2, -0.15) is 0 Å². The largest absolute Gasteiger partial charge is 0.507 e. The molecule has 2 aromatic carbocycles. The monoisotopic (exact) mass is 326 g/mol. The number of hydrogen-bond acceptors (Lipinski definition) is 4. The molecule has 0 aromatic heterocycles. The van der Waals surface area contributed by atoms with Crippen LogP contribution < -0.4 is 0 Å². The molecule has 1 aliphatic rings. The van der Waals surface area contributed by atoms with Crippen LogP contribution in [0.4, 0.5) is 0 Å². The maximum absolute atomic E-state index is 12.5. The third kappa shape index (κ3) is 2.78. The molecule has 0 fully saturated rings. The van der Waals surface area contributed by atoms with Crippen molar-refractivity contribution in [2.75, 3.05) is 13.7 Å². The number of ether oxygens (including phenoxy) is 2. The molecule has 126 valence electrons. The van der Waals surface area contributed by atoms with Crippen LogP contribution >= 0.6 is 0 Å². The first-order valence-corrected chi connectivity index (χ1v) is 8.30. The van der Waals surface area contributed by atoms with Crippen LogP contribution in [0.3, 0.4) is 0 Å². The number of hydrogen-bond donors (Lipinski definition) is 1. The van der Waals surface area contributed by atoms with Gasteiger partial charge >= 0.3 is 5.97 Å². The second-order valence-corrected chi connectivity index (χ2v) is 5.94. The molecule has 0 atom stereocenters. The third-order valence-corrected chi connectivity index (χ3v) is 4.50. The van der Waals surface area contributed by atoms with E-state index in [4.69, 9.17) is 9.47 Å². The summed E-state index contributed by atoms with van der Waals surface area (Å²) in [5, 5.41) is 10.9. The van der Waals surface area contributed by atoms with Gasteiger partial charge in [-0.1, -0.05) is 43.7 Å². The van der Waals surface area contributed by atoms with Crippen LogP contribution in [-0.4, -0.2) is 24.8 Å². The Hall–Kier alpha value is -2.33. The van der Waals surface area contributed by atoms with E-state index in [2.05, 4.69) is 6.92 Å². The van der Waals surface area contributed by atoms with Gasteiger partial charge in [0.25, 0.3) is 0 Å². The van der Waals surface area contributed by atoms with Gasteiger partial charge < -0.3 is 14.6 Å². The highest BCUT2D eigenvalue weighted by molar-refractivity contribution is 6.02. The van der Waals surface area contributed by atoms with Crippen molar-refractivity contribution in [1.82, 2.24) is 0 Å². The summed E-state index contributed by atoms with van der Waals surface area (Å²) in [4.78, 5) is 12.5. The van der Waals surface area contributed by atoms with Crippen molar-refractivity contribution < 1.29 is 19.4 Å². The van der Waals surface area contributed by atoms with Gasteiger partial charge in [0.05, 0.1) is 20.3 Å². The van der Waals surface area contributed by atoms with Crippen molar-refractivity contribution in [1.29, 1.82) is 0 Å². The van der Waals surface area contributed by atoms with Gasteiger partial charge in [0.15, 0.2) is 0 Å². The van der Waals surface area contributed by atoms with E-state index in [1.807, 2.05) is 30.3 Å². The van der Waals surface area contributed by atoms with Crippen LogP contribution in [0.1, 0.15) is 40.4 Å². The maximum Gasteiger partial charge on any atom is 0.342 e. The zero-order valence-electron chi connectivity index (χ0n) is 14.1. The van der Waals surface area contributed by atoms with E-state index in [0.717, 1.165) is 40.7 Å². The lowest BCUT2D eigenvalue weighted by molar-refractivity contribution is 0.0597. The second kappa shape index (κ2) is 7.05. The Morgan fingerprint density at radius 3 is 2.67 bits per heavy atom. The van der Waals surface area contributed by atoms with Gasteiger partial charge in [0.2, 0.25) is 0 Å². The summed E-state index contributed by atoms with van der Waals surface area (Å²) in [6.07, 6.45) is 2.31. The van der Waals surface area contributed by atoms with Gasteiger partial charge in [-0.25, -0.2) is 4.79 Å². The van der Waals surface area contributed by atoms with Crippen LogP contribution in [0.2, 0.25) is 0 Å². The number of carbonyl (C=O) groups is 1. The van der Waals surface area contributed by atoms with E-state index < -0.39 is 5.97 Å². The molecule has 4 nitrogen and oxygen atoms in total. The minimum absolute atomic E-state index is 0.0341. The number of aromatic hydroxyl groups is 1. The number of carbonyl (C=O) groups excluding carboxylic acids is 1. The van der Waals surface area contributed by atoms with Crippen LogP contribution in [-0.2, 0) is 28.9 Å². The molecule has 0 bridgehead atoms. The smallest absolute Gasteiger partial charge is 0.342 e. The van der Waals surface area contributed by atoms with Gasteiger partial charge in [0.1, 0.15) is 11.3 Å². The summed E-state index contributed by atoms with van der Waals surface area (Å²) in [7, 11) is 1.35. The average Bonchev–Trinajstić information content (AvgIpc) is 2.63. The molecule has 0 saturated heterocycles. The van der Waals surface area contributed by atoms with Crippen molar-refractivity contribution >= 4 is 5.97 Å². The highest BCUT2D eigenvalue weighted by Crippen LogP contribution is 2.42. The lowest BCUT2D eigenvalue weighted by Gasteiger charge is -2.26. The number of esters is 1. The van der Waals surface area contributed by atoms with Crippen molar-refractivity contribution in [2.24, 2.45) is 0 Å². The predicted octanol–water partition coefficient (Wildman–Crippen LogP) is 3.87. The SMILES string of the molecule is CCCc1c(O)c(C(=O)OC)c(-c2ccccc2)c2c1COCC2. The standard InChI is InChI=1S/C20H22O4/c1-3-7-15-16-12-24-11-10-14(16)17(13-8-5-4-6-9-13)18(19(15)21)20(22)23-2/h4-6,8-9,21H,3,7,10-12H2,1-2H3. The fourth-order valence-corrected chi connectivity index (χ4v) is 3.44. The molecular formula is C20H22O4. The average molecular weight is 326 g/mol. The molecule has 4 heteroatoms. The number of rotatable bonds is 4. The molecule has 24 heavy (non-hydrogen) atoms. The van der Waals surface area contributed by atoms with Crippen molar-refractivity contribution in [3.05, 3.63) is 52.6 Å². The van der Waals surface area contributed by atoms with E-state index in [9.17, 15) is 9.90 Å². The third-order valence-electron chi connectivity index (χ3n) is 4.50. The molecule has 0 saturated carbocycles. The zero-order valence-corrected chi connectivity index (χ0v) is 14.1. The lowest BCUT2D eigenvalue weighted by Crippen LogP contribution is -2.18. The predicted molar refractivity (Wildman–Crippen MR) is 92.2 cm³/mol. The number of benzene rings is 2. The highest BCUT2D eigenvalue weighted by atomic mass is 16.5. The normalized spacial score (nSPS) is 13.4. The summed E-state index contributed by atoms with van der Waals surface area (Å²) in [6, 6.07) is 9.70. The first-order valence-electron chi connectivity index (χ1n) is 8.30. The zero-order chi connectivity index (χ0) is 17.1. The first-order chi connectivity index (χ1) is 11.7. The molecule has 0 spiro atoms.